The Bertz CT molecular complexity index is 3410. The summed E-state index contributed by atoms with van der Waals surface area (Å²) in [5, 5.41) is 0.385. The first-order valence-electron chi connectivity index (χ1n) is 20.4. The quantitative estimate of drug-likeness (QED) is 0.202. The second kappa shape index (κ2) is 9.22. The van der Waals surface area contributed by atoms with Crippen LogP contribution in [-0.2, 0) is 0 Å². The largest absolute Gasteiger partial charge is 0.455 e. The van der Waals surface area contributed by atoms with Crippen LogP contribution in [0, 0.1) is 0 Å². The Hall–Kier alpha value is -6.06. The van der Waals surface area contributed by atoms with E-state index in [0.29, 0.717) is 11.4 Å². The number of benzene rings is 7. The van der Waals surface area contributed by atoms with Crippen molar-refractivity contribution >= 4 is 65.6 Å². The van der Waals surface area contributed by atoms with Gasteiger partial charge in [0.25, 0.3) is 0 Å². The van der Waals surface area contributed by atoms with E-state index in [2.05, 4.69) is 0 Å². The predicted octanol–water partition coefficient (Wildman–Crippen LogP) is 11.4. The molecule has 3 nitrogen and oxygen atoms in total. The zero-order valence-corrected chi connectivity index (χ0v) is 23.4. The van der Waals surface area contributed by atoms with E-state index < -0.39 is 42.3 Å². The maximum absolute atomic E-state index is 9.56. The number of para-hydroxylation sites is 3. The second-order valence-electron chi connectivity index (χ2n) is 10.8. The zero-order chi connectivity index (χ0) is 39.9. The van der Waals surface area contributed by atoms with Gasteiger partial charge in [0.05, 0.1) is 43.9 Å². The molecule has 0 aliphatic carbocycles. The lowest BCUT2D eigenvalue weighted by atomic mass is 10.0. The third kappa shape index (κ3) is 3.41. The van der Waals surface area contributed by atoms with E-state index in [1.54, 1.807) is 42.5 Å². The average molecular weight is 587 g/mol. The van der Waals surface area contributed by atoms with Crippen molar-refractivity contribution in [3.8, 4) is 22.5 Å². The molecule has 3 heterocycles. The van der Waals surface area contributed by atoms with E-state index in [1.165, 1.54) is 9.13 Å². The summed E-state index contributed by atoms with van der Waals surface area (Å²) in [6.07, 6.45) is 0. The van der Waals surface area contributed by atoms with Crippen LogP contribution in [0.15, 0.2) is 162 Å². The maximum Gasteiger partial charge on any atom is 0.145 e. The van der Waals surface area contributed by atoms with Gasteiger partial charge in [-0.05, 0) is 71.6 Å². The molecular weight excluding hydrogens is 548 g/mol. The highest BCUT2D eigenvalue weighted by molar-refractivity contribution is 6.31. The molecule has 0 saturated carbocycles. The van der Waals surface area contributed by atoms with Crippen LogP contribution in [-0.4, -0.2) is 9.13 Å². The van der Waals surface area contributed by atoms with Gasteiger partial charge in [-0.25, -0.2) is 0 Å². The molecule has 10 aromatic rings. The minimum atomic E-state index is -0.523. The van der Waals surface area contributed by atoms with E-state index >= 15 is 0 Å². The van der Waals surface area contributed by atoms with E-state index in [1.807, 2.05) is 42.5 Å². The van der Waals surface area contributed by atoms with Crippen LogP contribution in [0.3, 0.4) is 0 Å². The summed E-state index contributed by atoms with van der Waals surface area (Å²) in [6.45, 7) is 0. The average Bonchev–Trinajstić information content (AvgIpc) is 3.92. The molecule has 0 unspecified atom stereocenters. The molecular formula is C42H26N2O. The lowest BCUT2D eigenvalue weighted by Crippen LogP contribution is -1.93. The fourth-order valence-corrected chi connectivity index (χ4v) is 6.51. The fraction of sp³-hybridized carbons (Fsp3) is 0. The summed E-state index contributed by atoms with van der Waals surface area (Å²) >= 11 is 0. The number of hydrogen-bond donors (Lipinski definition) is 0. The summed E-state index contributed by atoms with van der Waals surface area (Å²) < 4.78 is 118. The van der Waals surface area contributed by atoms with Gasteiger partial charge in [-0.3, -0.25) is 0 Å². The second-order valence-corrected chi connectivity index (χ2v) is 10.8. The third-order valence-corrected chi connectivity index (χ3v) is 8.44. The van der Waals surface area contributed by atoms with Gasteiger partial charge in [-0.15, -0.1) is 0 Å². The predicted molar refractivity (Wildman–Crippen MR) is 188 cm³/mol. The first kappa shape index (κ1) is 15.6. The van der Waals surface area contributed by atoms with Crippen LogP contribution in [0.1, 0.15) is 16.4 Å². The van der Waals surface area contributed by atoms with Crippen molar-refractivity contribution in [1.29, 1.82) is 0 Å². The zero-order valence-electron chi connectivity index (χ0n) is 35.4. The van der Waals surface area contributed by atoms with Crippen molar-refractivity contribution in [2.75, 3.05) is 0 Å². The standard InChI is InChI=1S/C42H26N2O/c1-3-11-27(12-4-1)28-19-21-30(22-20-28)44-34-17-9-7-15-31(34)39-36(44)25-26-38-41(39)33-23-24-37-40(42(33)45-38)32-16-8-10-18-35(32)43(37)29-13-5-2-6-14-29/h1-26H/i7D,8D,9D,10D,15D,16D,17D,18D,23D,24D,25D,26D. The molecule has 0 aliphatic rings. The molecule has 0 fully saturated rings. The van der Waals surface area contributed by atoms with Gasteiger partial charge < -0.3 is 13.6 Å². The number of furan rings is 1. The maximum atomic E-state index is 9.56. The van der Waals surface area contributed by atoms with Gasteiger partial charge in [0.1, 0.15) is 11.2 Å². The molecule has 0 bridgehead atoms. The topological polar surface area (TPSA) is 23.0 Å². The number of rotatable bonds is 3. The number of hydrogen-bond acceptors (Lipinski definition) is 1. The molecule has 0 atom stereocenters. The molecule has 7 aromatic carbocycles. The number of aromatic nitrogens is 2. The van der Waals surface area contributed by atoms with Gasteiger partial charge in [0.2, 0.25) is 0 Å². The van der Waals surface area contributed by atoms with E-state index in [-0.39, 0.29) is 95.8 Å². The van der Waals surface area contributed by atoms with Crippen molar-refractivity contribution < 1.29 is 20.9 Å². The molecule has 45 heavy (non-hydrogen) atoms. The minimum absolute atomic E-state index is 0.00593. The van der Waals surface area contributed by atoms with Crippen LogP contribution in [0.25, 0.3) is 88.1 Å². The molecule has 0 saturated heterocycles. The molecule has 10 rings (SSSR count). The lowest BCUT2D eigenvalue weighted by molar-refractivity contribution is 0.673. The smallest absolute Gasteiger partial charge is 0.145 e. The first-order valence-corrected chi connectivity index (χ1v) is 14.4. The molecule has 3 heteroatoms. The Kier molecular flexibility index (Phi) is 3.20. The van der Waals surface area contributed by atoms with Crippen LogP contribution >= 0.6 is 0 Å². The fourth-order valence-electron chi connectivity index (χ4n) is 6.51. The van der Waals surface area contributed by atoms with Crippen molar-refractivity contribution in [2.45, 2.75) is 0 Å². The van der Waals surface area contributed by atoms with Crippen LogP contribution in [0.2, 0.25) is 0 Å². The highest BCUT2D eigenvalue weighted by atomic mass is 16.3. The van der Waals surface area contributed by atoms with Gasteiger partial charge in [0, 0.05) is 38.3 Å². The Morgan fingerprint density at radius 1 is 0.422 bits per heavy atom. The molecule has 0 radical (unpaired) electrons. The highest BCUT2D eigenvalue weighted by Crippen LogP contribution is 2.45. The first-order chi connectivity index (χ1) is 27.3. The monoisotopic (exact) mass is 586 g/mol. The van der Waals surface area contributed by atoms with Crippen LogP contribution in [0.5, 0.6) is 0 Å². The summed E-state index contributed by atoms with van der Waals surface area (Å²) in [5.41, 5.74) is 2.80. The Labute approximate surface area is 275 Å². The summed E-state index contributed by atoms with van der Waals surface area (Å²) in [4.78, 5) is 0. The third-order valence-electron chi connectivity index (χ3n) is 8.44. The van der Waals surface area contributed by atoms with Gasteiger partial charge in [-0.2, -0.15) is 0 Å². The van der Waals surface area contributed by atoms with Gasteiger partial charge in [-0.1, -0.05) is 96.9 Å². The van der Waals surface area contributed by atoms with E-state index in [9.17, 15) is 6.85 Å². The van der Waals surface area contributed by atoms with Crippen molar-refractivity contribution in [3.05, 3.63) is 157 Å². The summed E-state index contributed by atoms with van der Waals surface area (Å²) in [5.74, 6) is 0. The molecule has 210 valence electrons. The molecule has 0 N–H and O–H groups in total. The SMILES string of the molecule is [2H]c1c([2H])c([2H])c2c(c1[2H])c1c3oc4c([2H])c([2H])c5c(c6c([2H])c([2H])c([2H])c([2H])c6n5-c5ccc(-c6ccccc6)cc5)c4c3c([2H])c([2H])c1n2-c1ccccc1. The highest BCUT2D eigenvalue weighted by Gasteiger charge is 2.22. The van der Waals surface area contributed by atoms with Crippen LogP contribution in [0.4, 0.5) is 0 Å². The van der Waals surface area contributed by atoms with Crippen molar-refractivity contribution in [2.24, 2.45) is 0 Å². The lowest BCUT2D eigenvalue weighted by Gasteiger charge is -2.09. The number of nitrogens with zero attached hydrogens (tertiary/aromatic N) is 2. The van der Waals surface area contributed by atoms with Crippen molar-refractivity contribution in [1.82, 2.24) is 9.13 Å². The molecule has 0 spiro atoms. The minimum Gasteiger partial charge on any atom is -0.455 e. The number of fused-ring (bicyclic) bond motifs is 11. The van der Waals surface area contributed by atoms with Crippen LogP contribution < -0.4 is 0 Å². The van der Waals surface area contributed by atoms with Gasteiger partial charge >= 0.3 is 0 Å². The van der Waals surface area contributed by atoms with E-state index in [0.717, 1.165) is 11.1 Å². The molecule has 0 aliphatic heterocycles. The summed E-state index contributed by atoms with van der Waals surface area (Å²) in [6, 6.07) is 20.6. The Morgan fingerprint density at radius 2 is 0.978 bits per heavy atom. The molecule has 3 aromatic heterocycles. The Balaban J connectivity index is 1.46. The normalized spacial score (nSPS) is 15.7. The van der Waals surface area contributed by atoms with Crippen molar-refractivity contribution in [3.63, 3.8) is 0 Å². The molecule has 0 amide bonds. The van der Waals surface area contributed by atoms with E-state index in [4.69, 9.17) is 14.0 Å². The summed E-state index contributed by atoms with van der Waals surface area (Å²) in [7, 11) is 0. The van der Waals surface area contributed by atoms with Gasteiger partial charge in [0.15, 0.2) is 0 Å². The Morgan fingerprint density at radius 3 is 1.69 bits per heavy atom.